The Morgan fingerprint density at radius 1 is 0.460 bits per heavy atom. The van der Waals surface area contributed by atoms with E-state index in [0.29, 0.717) is 0 Å². The van der Waals surface area contributed by atoms with Crippen molar-refractivity contribution in [1.82, 2.24) is 0 Å². The number of rotatable bonds is 5. The highest BCUT2D eigenvalue weighted by atomic mass is 15.1. The normalized spacial score (nSPS) is 18.5. The summed E-state index contributed by atoms with van der Waals surface area (Å²) in [7, 11) is 0. The van der Waals surface area contributed by atoms with Gasteiger partial charge in [0.2, 0.25) is 0 Å². The van der Waals surface area contributed by atoms with Gasteiger partial charge in [0.15, 0.2) is 0 Å². The maximum atomic E-state index is 9.41. The zero-order valence-corrected chi connectivity index (χ0v) is 37.2. The first-order valence-electron chi connectivity index (χ1n) is 23.7. The number of hydrogen-bond acceptors (Lipinski definition) is 1. The van der Waals surface area contributed by atoms with Crippen molar-refractivity contribution in [3.05, 3.63) is 220 Å². The lowest BCUT2D eigenvalue weighted by atomic mass is 9.69. The van der Waals surface area contributed by atoms with Crippen LogP contribution in [0, 0.1) is 0 Å². The van der Waals surface area contributed by atoms with E-state index in [1.807, 2.05) is 0 Å². The Morgan fingerprint density at radius 3 is 1.63 bits per heavy atom. The number of benzene rings is 8. The minimum atomic E-state index is -0.500. The van der Waals surface area contributed by atoms with Gasteiger partial charge in [-0.3, -0.25) is 0 Å². The summed E-state index contributed by atoms with van der Waals surface area (Å²) in [5.74, 6) is -0.500. The molecule has 1 heteroatoms. The summed E-state index contributed by atoms with van der Waals surface area (Å²) in [5.41, 5.74) is 23.7. The van der Waals surface area contributed by atoms with Crippen LogP contribution in [0.1, 0.15) is 118 Å². The molecule has 1 saturated carbocycles. The molecule has 1 fully saturated rings. The molecule has 1 unspecified atom stereocenters. The van der Waals surface area contributed by atoms with E-state index in [4.69, 9.17) is 0 Å². The molecule has 1 spiro atoms. The molecule has 8 aromatic carbocycles. The molecule has 63 heavy (non-hydrogen) atoms. The van der Waals surface area contributed by atoms with Crippen LogP contribution in [0.4, 0.5) is 17.1 Å². The molecule has 0 aromatic heterocycles. The molecule has 4 aliphatic carbocycles. The van der Waals surface area contributed by atoms with Crippen molar-refractivity contribution in [1.29, 1.82) is 0 Å². The number of anilines is 3. The SMILES string of the molecule is [2H]C1(c2ccc(-c3ccccc3N(c3ccc4c(c3)-c3ccccc3C4(C)C)c3ccc4c(c3)C3(c5ccccc5-4)c4ccccc4-c4ccc(C(C)(C)C)cc43)cc2)CCCCC1. The first-order chi connectivity index (χ1) is 31.0. The third-order valence-corrected chi connectivity index (χ3v) is 15.2. The Hall–Kier alpha value is -6.44. The smallest absolute Gasteiger partial charge is 0.0726 e. The molecule has 4 aliphatic rings. The van der Waals surface area contributed by atoms with Gasteiger partial charge in [-0.25, -0.2) is 0 Å². The van der Waals surface area contributed by atoms with Crippen LogP contribution in [0.2, 0.25) is 0 Å². The average molecular weight is 815 g/mol. The van der Waals surface area contributed by atoms with E-state index in [9.17, 15) is 1.37 Å². The molecule has 0 saturated heterocycles. The van der Waals surface area contributed by atoms with Crippen molar-refractivity contribution in [3.8, 4) is 44.5 Å². The molecular formula is C62H55N. The Kier molecular flexibility index (Phi) is 8.27. The van der Waals surface area contributed by atoms with Gasteiger partial charge in [-0.1, -0.05) is 199 Å². The molecule has 0 N–H and O–H groups in total. The van der Waals surface area contributed by atoms with E-state index >= 15 is 0 Å². The monoisotopic (exact) mass is 814 g/mol. The summed E-state index contributed by atoms with van der Waals surface area (Å²) in [5, 5.41) is 0. The van der Waals surface area contributed by atoms with Gasteiger partial charge in [0.05, 0.1) is 11.1 Å². The van der Waals surface area contributed by atoms with Gasteiger partial charge in [-0.15, -0.1) is 0 Å². The minimum absolute atomic E-state index is 0.00902. The van der Waals surface area contributed by atoms with Crippen LogP contribution in [0.3, 0.4) is 0 Å². The van der Waals surface area contributed by atoms with Crippen LogP contribution in [0.25, 0.3) is 44.5 Å². The molecule has 1 atom stereocenters. The van der Waals surface area contributed by atoms with Crippen molar-refractivity contribution in [3.63, 3.8) is 0 Å². The fourth-order valence-corrected chi connectivity index (χ4v) is 12.1. The van der Waals surface area contributed by atoms with Crippen molar-refractivity contribution in [2.24, 2.45) is 0 Å². The van der Waals surface area contributed by atoms with Gasteiger partial charge in [-0.2, -0.15) is 0 Å². The fourth-order valence-electron chi connectivity index (χ4n) is 12.1. The molecule has 308 valence electrons. The minimum Gasteiger partial charge on any atom is -0.310 e. The molecule has 12 rings (SSSR count). The van der Waals surface area contributed by atoms with E-state index in [0.717, 1.165) is 53.9 Å². The lowest BCUT2D eigenvalue weighted by Crippen LogP contribution is -2.27. The molecular weight excluding hydrogens is 759 g/mol. The molecule has 0 bridgehead atoms. The topological polar surface area (TPSA) is 3.24 Å². The maximum absolute atomic E-state index is 9.41. The van der Waals surface area contributed by atoms with E-state index < -0.39 is 11.3 Å². The number of fused-ring (bicyclic) bond motifs is 13. The Labute approximate surface area is 375 Å². The zero-order chi connectivity index (χ0) is 43.6. The van der Waals surface area contributed by atoms with Crippen molar-refractivity contribution >= 4 is 17.1 Å². The first-order valence-corrected chi connectivity index (χ1v) is 23.2. The summed E-state index contributed by atoms with van der Waals surface area (Å²) < 4.78 is 9.41. The van der Waals surface area contributed by atoms with E-state index in [-0.39, 0.29) is 10.8 Å². The fraction of sp³-hybridized carbons (Fsp3) is 0.226. The van der Waals surface area contributed by atoms with Gasteiger partial charge in [0, 0.05) is 23.7 Å². The highest BCUT2D eigenvalue weighted by Crippen LogP contribution is 2.64. The quantitative estimate of drug-likeness (QED) is 0.167. The second-order valence-corrected chi connectivity index (χ2v) is 20.1. The highest BCUT2D eigenvalue weighted by molar-refractivity contribution is 5.98. The second kappa shape index (κ2) is 14.0. The number of nitrogens with zero attached hydrogens (tertiary/aromatic N) is 1. The summed E-state index contributed by atoms with van der Waals surface area (Å²) in [6, 6.07) is 67.0. The van der Waals surface area contributed by atoms with Gasteiger partial charge in [-0.05, 0) is 138 Å². The van der Waals surface area contributed by atoms with Crippen LogP contribution in [0.5, 0.6) is 0 Å². The Morgan fingerprint density at radius 2 is 0.968 bits per heavy atom. The van der Waals surface area contributed by atoms with Crippen molar-refractivity contribution in [2.45, 2.75) is 88.9 Å². The van der Waals surface area contributed by atoms with Crippen molar-refractivity contribution in [2.75, 3.05) is 4.90 Å². The van der Waals surface area contributed by atoms with Crippen LogP contribution in [-0.2, 0) is 16.2 Å². The van der Waals surface area contributed by atoms with Crippen LogP contribution in [-0.4, -0.2) is 0 Å². The largest absolute Gasteiger partial charge is 0.310 e. The third-order valence-electron chi connectivity index (χ3n) is 15.2. The number of para-hydroxylation sites is 1. The van der Waals surface area contributed by atoms with Gasteiger partial charge >= 0.3 is 0 Å². The molecule has 0 heterocycles. The van der Waals surface area contributed by atoms with Crippen molar-refractivity contribution < 1.29 is 1.37 Å². The maximum Gasteiger partial charge on any atom is 0.0726 e. The molecule has 1 nitrogen and oxygen atoms in total. The summed E-state index contributed by atoms with van der Waals surface area (Å²) >= 11 is 0. The summed E-state index contributed by atoms with van der Waals surface area (Å²) in [6.45, 7) is 11.7. The van der Waals surface area contributed by atoms with Crippen LogP contribution >= 0.6 is 0 Å². The lowest BCUT2D eigenvalue weighted by molar-refractivity contribution is 0.443. The average Bonchev–Trinajstić information content (AvgIpc) is 3.87. The summed E-state index contributed by atoms with van der Waals surface area (Å²) in [6.07, 6.45) is 5.37. The lowest BCUT2D eigenvalue weighted by Gasteiger charge is -2.33. The highest BCUT2D eigenvalue weighted by Gasteiger charge is 2.52. The van der Waals surface area contributed by atoms with Gasteiger partial charge in [0.25, 0.3) is 0 Å². The van der Waals surface area contributed by atoms with Gasteiger partial charge < -0.3 is 4.90 Å². The first kappa shape index (κ1) is 37.1. The second-order valence-electron chi connectivity index (χ2n) is 20.1. The predicted molar refractivity (Wildman–Crippen MR) is 265 cm³/mol. The summed E-state index contributed by atoms with van der Waals surface area (Å²) in [4.78, 5) is 2.52. The van der Waals surface area contributed by atoms with Crippen LogP contribution in [0.15, 0.2) is 176 Å². The molecule has 0 radical (unpaired) electrons. The van der Waals surface area contributed by atoms with Gasteiger partial charge in [0.1, 0.15) is 0 Å². The van der Waals surface area contributed by atoms with E-state index in [2.05, 4.69) is 215 Å². The predicted octanol–water partition coefficient (Wildman–Crippen LogP) is 16.8. The third kappa shape index (κ3) is 5.61. The molecule has 8 aromatic rings. The standard InChI is InChI=1S/C62H55N/c1-60(2,3)43-31-34-50-47-20-10-14-24-55(47)62(57(50)37-43)56-25-15-11-21-48(56)51-35-32-45(39-58(51)62)63(44-33-36-54-52(38-44)49-22-9-13-23-53(49)61(54,4)5)59-26-16-12-19-46(59)42-29-27-41(28-30-42)40-17-7-6-8-18-40/h9-16,19-40H,6-8,17-18H2,1-5H3/i40D. The Bertz CT molecular complexity index is 3160. The number of hydrogen-bond donors (Lipinski definition) is 0. The molecule has 0 amide bonds. The van der Waals surface area contributed by atoms with Crippen LogP contribution < -0.4 is 4.90 Å². The molecule has 0 aliphatic heterocycles. The zero-order valence-electron chi connectivity index (χ0n) is 38.2. The van der Waals surface area contributed by atoms with E-state index in [1.54, 1.807) is 0 Å². The Balaban J connectivity index is 1.10. The van der Waals surface area contributed by atoms with E-state index in [1.165, 1.54) is 84.3 Å².